The highest BCUT2D eigenvalue weighted by molar-refractivity contribution is 5.86. The summed E-state index contributed by atoms with van der Waals surface area (Å²) in [4.78, 5) is 32.4. The monoisotopic (exact) mass is 472 g/mol. The van der Waals surface area contributed by atoms with Gasteiger partial charge in [-0.25, -0.2) is 0 Å². The number of nitrogens with zero attached hydrogens (tertiary/aromatic N) is 2. The highest BCUT2D eigenvalue weighted by Gasteiger charge is 2.23. The molecule has 0 aliphatic carbocycles. The summed E-state index contributed by atoms with van der Waals surface area (Å²) < 4.78 is 0. The van der Waals surface area contributed by atoms with E-state index < -0.39 is 0 Å². The normalized spacial score (nSPS) is 13.7. The van der Waals surface area contributed by atoms with Gasteiger partial charge >= 0.3 is 0 Å². The molecule has 0 bridgehead atoms. The van der Waals surface area contributed by atoms with Crippen molar-refractivity contribution in [1.29, 1.82) is 0 Å². The third kappa shape index (κ3) is 11.6. The van der Waals surface area contributed by atoms with Gasteiger partial charge in [0.15, 0.2) is 5.78 Å². The van der Waals surface area contributed by atoms with E-state index in [0.29, 0.717) is 24.2 Å². The summed E-state index contributed by atoms with van der Waals surface area (Å²) in [7, 11) is 1.83. The summed E-state index contributed by atoms with van der Waals surface area (Å²) in [6, 6.07) is 7.94. The van der Waals surface area contributed by atoms with Crippen molar-refractivity contribution in [2.75, 3.05) is 7.05 Å². The first kappa shape index (κ1) is 29.6. The van der Waals surface area contributed by atoms with Crippen LogP contribution in [0.25, 0.3) is 0 Å². The molecule has 0 aromatic carbocycles. The highest BCUT2D eigenvalue weighted by atomic mass is 16.1. The van der Waals surface area contributed by atoms with Crippen LogP contribution in [-0.4, -0.2) is 46.7 Å². The molecule has 0 fully saturated rings. The number of likely N-dealkylation sites (N-methyl/N-ethyl adjacent to an activating group) is 1. The molecule has 6 heteroatoms. The number of hydrogen-bond acceptors (Lipinski definition) is 6. The fourth-order valence-corrected chi connectivity index (χ4v) is 3.62. The maximum absolute atomic E-state index is 12.3. The first-order valence-electron chi connectivity index (χ1n) is 12.4. The largest absolute Gasteiger partial charge is 0.310 e. The average molecular weight is 473 g/mol. The predicted octanol–water partition coefficient (Wildman–Crippen LogP) is 4.93. The molecule has 34 heavy (non-hydrogen) atoms. The lowest BCUT2D eigenvalue weighted by Gasteiger charge is -2.22. The molecular formula is C28H48N4O2. The van der Waals surface area contributed by atoms with Gasteiger partial charge in [0.2, 0.25) is 0 Å². The summed E-state index contributed by atoms with van der Waals surface area (Å²) >= 11 is 0. The first-order chi connectivity index (χ1) is 16.2. The van der Waals surface area contributed by atoms with E-state index in [4.69, 9.17) is 0 Å². The average Bonchev–Trinajstić information content (AvgIpc) is 2.82. The van der Waals surface area contributed by atoms with E-state index in [1.165, 1.54) is 0 Å². The van der Waals surface area contributed by atoms with E-state index in [0.717, 1.165) is 30.4 Å². The van der Waals surface area contributed by atoms with Crippen LogP contribution in [0.4, 0.5) is 0 Å². The Morgan fingerprint density at radius 3 is 1.82 bits per heavy atom. The van der Waals surface area contributed by atoms with Crippen LogP contribution in [0.2, 0.25) is 0 Å². The SMILES string of the molecule is CCC(C)C(=O)C(Cc1cccnc1)NC(C)C.CN[C@@H](Cc1cccnc1)C(=O)CC(C)C.[HH].[HH]. The number of nitrogens with one attached hydrogen (secondary N) is 2. The number of aromatic nitrogens is 2. The van der Waals surface area contributed by atoms with Crippen molar-refractivity contribution < 1.29 is 12.4 Å². The number of hydrogen-bond donors (Lipinski definition) is 2. The summed E-state index contributed by atoms with van der Waals surface area (Å²) in [5.41, 5.74) is 2.20. The van der Waals surface area contributed by atoms with Crippen molar-refractivity contribution in [3.05, 3.63) is 60.2 Å². The smallest absolute Gasteiger partial charge is 0.152 e. The van der Waals surface area contributed by atoms with E-state index in [1.54, 1.807) is 12.4 Å². The Labute approximate surface area is 209 Å². The predicted molar refractivity (Wildman–Crippen MR) is 144 cm³/mol. The van der Waals surface area contributed by atoms with E-state index in [2.05, 4.69) is 55.2 Å². The zero-order valence-corrected chi connectivity index (χ0v) is 22.0. The first-order valence-corrected chi connectivity index (χ1v) is 12.4. The Kier molecular flexibility index (Phi) is 14.1. The Balaban J connectivity index is 0. The summed E-state index contributed by atoms with van der Waals surface area (Å²) in [5.74, 6) is 1.10. The van der Waals surface area contributed by atoms with Gasteiger partial charge in [-0.05, 0) is 55.5 Å². The van der Waals surface area contributed by atoms with Crippen LogP contribution in [-0.2, 0) is 22.4 Å². The summed E-state index contributed by atoms with van der Waals surface area (Å²) in [5, 5.41) is 6.44. The summed E-state index contributed by atoms with van der Waals surface area (Å²) in [6.07, 6.45) is 10.1. The van der Waals surface area contributed by atoms with Crippen LogP contribution < -0.4 is 10.6 Å². The summed E-state index contributed by atoms with van der Waals surface area (Å²) in [6.45, 7) is 12.3. The van der Waals surface area contributed by atoms with Crippen molar-refractivity contribution in [2.24, 2.45) is 11.8 Å². The Hall–Kier alpha value is -2.44. The lowest BCUT2D eigenvalue weighted by molar-refractivity contribution is -0.124. The van der Waals surface area contributed by atoms with E-state index in [-0.39, 0.29) is 26.6 Å². The van der Waals surface area contributed by atoms with Crippen molar-refractivity contribution in [2.45, 2.75) is 85.4 Å². The quantitative estimate of drug-likeness (QED) is 0.430. The molecule has 0 aliphatic rings. The maximum atomic E-state index is 12.3. The third-order valence-corrected chi connectivity index (χ3v) is 5.65. The van der Waals surface area contributed by atoms with Gasteiger partial charge in [-0.2, -0.15) is 0 Å². The molecule has 0 radical (unpaired) electrons. The lowest BCUT2D eigenvalue weighted by Crippen LogP contribution is -2.44. The molecule has 192 valence electrons. The topological polar surface area (TPSA) is 84.0 Å². The van der Waals surface area contributed by atoms with Crippen LogP contribution in [0.3, 0.4) is 0 Å². The molecule has 0 spiro atoms. The number of Topliss-reactive ketones (excluding diaryl/α,β-unsaturated/α-hetero) is 2. The van der Waals surface area contributed by atoms with Gasteiger partial charge in [0.05, 0.1) is 12.1 Å². The van der Waals surface area contributed by atoms with Crippen molar-refractivity contribution in [3.63, 3.8) is 0 Å². The zero-order chi connectivity index (χ0) is 25.5. The van der Waals surface area contributed by atoms with Crippen LogP contribution >= 0.6 is 0 Å². The van der Waals surface area contributed by atoms with Gasteiger partial charge in [0.25, 0.3) is 0 Å². The Bertz CT molecular complexity index is 836. The number of pyridine rings is 2. The molecule has 2 aromatic heterocycles. The minimum Gasteiger partial charge on any atom is -0.310 e. The molecule has 6 nitrogen and oxygen atoms in total. The minimum absolute atomic E-state index is 0. The molecule has 0 saturated carbocycles. The molecule has 0 saturated heterocycles. The van der Waals surface area contributed by atoms with E-state index >= 15 is 0 Å². The Morgan fingerprint density at radius 2 is 1.44 bits per heavy atom. The minimum atomic E-state index is -0.107. The van der Waals surface area contributed by atoms with Crippen molar-refractivity contribution in [1.82, 2.24) is 20.6 Å². The molecular weight excluding hydrogens is 424 g/mol. The van der Waals surface area contributed by atoms with Gasteiger partial charge in [0, 0.05) is 46.0 Å². The second-order valence-electron chi connectivity index (χ2n) is 9.62. The number of carbonyl (C=O) groups excluding carboxylic acids is 2. The lowest BCUT2D eigenvalue weighted by atomic mass is 9.93. The standard InChI is InChI=1S/C15H24N2O.C13H20N2O.2H2/c1-5-12(4)15(18)14(17-11(2)3)9-13-7-6-8-16-10-13;1-10(2)7-13(16)12(14-3)8-11-5-4-6-15-9-11;;/h6-8,10-12,14,17H,5,9H2,1-4H3;4-6,9-10,12,14H,7-8H2,1-3H3;2*1H/t;12-;;/m.0../s1. The van der Waals surface area contributed by atoms with Crippen LogP contribution in [0, 0.1) is 11.8 Å². The molecule has 3 atom stereocenters. The van der Waals surface area contributed by atoms with Crippen LogP contribution in [0.5, 0.6) is 0 Å². The van der Waals surface area contributed by atoms with Gasteiger partial charge in [-0.15, -0.1) is 0 Å². The van der Waals surface area contributed by atoms with E-state index in [1.807, 2.05) is 50.6 Å². The molecule has 2 heterocycles. The maximum Gasteiger partial charge on any atom is 0.152 e. The molecule has 2 N–H and O–H groups in total. The van der Waals surface area contributed by atoms with Gasteiger partial charge < -0.3 is 10.6 Å². The number of carbonyl (C=O) groups is 2. The van der Waals surface area contributed by atoms with Gasteiger partial charge in [0.1, 0.15) is 5.78 Å². The Morgan fingerprint density at radius 1 is 0.912 bits per heavy atom. The molecule has 2 rings (SSSR count). The van der Waals surface area contributed by atoms with Gasteiger partial charge in [-0.1, -0.05) is 53.7 Å². The van der Waals surface area contributed by atoms with Crippen molar-refractivity contribution in [3.8, 4) is 0 Å². The molecule has 2 aromatic rings. The third-order valence-electron chi connectivity index (χ3n) is 5.65. The fraction of sp³-hybridized carbons (Fsp3) is 0.571. The van der Waals surface area contributed by atoms with Crippen molar-refractivity contribution >= 4 is 11.6 Å². The van der Waals surface area contributed by atoms with Crippen LogP contribution in [0.15, 0.2) is 49.1 Å². The molecule has 0 amide bonds. The molecule has 0 aliphatic heterocycles. The fourth-order valence-electron chi connectivity index (χ4n) is 3.62. The second kappa shape index (κ2) is 16.2. The molecule has 2 unspecified atom stereocenters. The van der Waals surface area contributed by atoms with Gasteiger partial charge in [-0.3, -0.25) is 19.6 Å². The van der Waals surface area contributed by atoms with E-state index in [9.17, 15) is 9.59 Å². The number of rotatable bonds is 13. The van der Waals surface area contributed by atoms with Crippen LogP contribution in [0.1, 0.15) is 68.4 Å². The second-order valence-corrected chi connectivity index (χ2v) is 9.62. The number of ketones is 2. The zero-order valence-electron chi connectivity index (χ0n) is 22.0. The highest BCUT2D eigenvalue weighted by Crippen LogP contribution is 2.11.